The maximum Gasteiger partial charge on any atom is 0.321 e. The summed E-state index contributed by atoms with van der Waals surface area (Å²) in [7, 11) is 0. The van der Waals surface area contributed by atoms with E-state index in [1.807, 2.05) is 41.2 Å². The Balaban J connectivity index is 1.40. The number of rotatable bonds is 9. The van der Waals surface area contributed by atoms with Gasteiger partial charge in [-0.2, -0.15) is 5.10 Å². The number of nitrogens with one attached hydrogen (secondary N) is 2. The summed E-state index contributed by atoms with van der Waals surface area (Å²) in [6.45, 7) is 4.50. The van der Waals surface area contributed by atoms with Gasteiger partial charge in [-0.25, -0.2) is 14.8 Å². The second-order valence-electron chi connectivity index (χ2n) is 7.37. The third-order valence-electron chi connectivity index (χ3n) is 5.12. The molecule has 0 aliphatic carbocycles. The van der Waals surface area contributed by atoms with E-state index in [0.29, 0.717) is 19.0 Å². The summed E-state index contributed by atoms with van der Waals surface area (Å²) in [4.78, 5) is 22.5. The molecule has 1 saturated heterocycles. The van der Waals surface area contributed by atoms with Crippen LogP contribution in [0.2, 0.25) is 0 Å². The summed E-state index contributed by atoms with van der Waals surface area (Å²) < 4.78 is 1.95. The van der Waals surface area contributed by atoms with Crippen molar-refractivity contribution in [3.05, 3.63) is 48.9 Å². The van der Waals surface area contributed by atoms with Crippen LogP contribution in [0.25, 0.3) is 11.3 Å². The Labute approximate surface area is 176 Å². The molecule has 2 amide bonds. The van der Waals surface area contributed by atoms with Gasteiger partial charge in [-0.1, -0.05) is 38.3 Å². The summed E-state index contributed by atoms with van der Waals surface area (Å²) in [5.41, 5.74) is 3.54. The SMILES string of the molecule is CCCCCCn1cc(Nc2nccc(-c3ccc(N4CCNC4=O)cc3)n2)cn1. The quantitative estimate of drug-likeness (QED) is 0.521. The lowest BCUT2D eigenvalue weighted by Crippen LogP contribution is -2.27. The minimum atomic E-state index is -0.0535. The molecule has 8 nitrogen and oxygen atoms in total. The van der Waals surface area contributed by atoms with E-state index >= 15 is 0 Å². The number of aromatic nitrogens is 4. The van der Waals surface area contributed by atoms with Gasteiger partial charge in [-0.15, -0.1) is 0 Å². The summed E-state index contributed by atoms with van der Waals surface area (Å²) >= 11 is 0. The van der Waals surface area contributed by atoms with Gasteiger partial charge in [0.05, 0.1) is 17.6 Å². The molecule has 2 N–H and O–H groups in total. The number of carbonyl (C=O) groups is 1. The minimum absolute atomic E-state index is 0.0535. The first-order chi connectivity index (χ1) is 14.7. The number of hydrogen-bond acceptors (Lipinski definition) is 5. The van der Waals surface area contributed by atoms with Gasteiger partial charge in [-0.3, -0.25) is 9.58 Å². The van der Waals surface area contributed by atoms with Crippen molar-refractivity contribution in [2.45, 2.75) is 39.2 Å². The molecule has 156 valence electrons. The number of anilines is 3. The van der Waals surface area contributed by atoms with Crippen LogP contribution in [0.1, 0.15) is 32.6 Å². The van der Waals surface area contributed by atoms with E-state index < -0.39 is 0 Å². The molecule has 3 aromatic rings. The van der Waals surface area contributed by atoms with E-state index in [1.165, 1.54) is 19.3 Å². The number of amides is 2. The zero-order valence-corrected chi connectivity index (χ0v) is 17.2. The molecule has 1 aliphatic rings. The number of aryl methyl sites for hydroxylation is 1. The smallest absolute Gasteiger partial charge is 0.321 e. The number of benzene rings is 1. The van der Waals surface area contributed by atoms with E-state index in [0.717, 1.165) is 35.6 Å². The van der Waals surface area contributed by atoms with Crippen LogP contribution in [0.5, 0.6) is 0 Å². The topological polar surface area (TPSA) is 88.0 Å². The second-order valence-corrected chi connectivity index (χ2v) is 7.37. The molecular weight excluding hydrogens is 378 g/mol. The lowest BCUT2D eigenvalue weighted by molar-refractivity contribution is 0.252. The van der Waals surface area contributed by atoms with E-state index in [1.54, 1.807) is 17.3 Å². The Morgan fingerprint density at radius 1 is 1.13 bits per heavy atom. The third kappa shape index (κ3) is 4.76. The summed E-state index contributed by atoms with van der Waals surface area (Å²) in [6.07, 6.45) is 10.4. The van der Waals surface area contributed by atoms with E-state index in [9.17, 15) is 4.79 Å². The Bertz CT molecular complexity index is 983. The first-order valence-corrected chi connectivity index (χ1v) is 10.5. The highest BCUT2D eigenvalue weighted by atomic mass is 16.2. The lowest BCUT2D eigenvalue weighted by Gasteiger charge is -2.14. The number of nitrogens with zero attached hydrogens (tertiary/aromatic N) is 5. The number of hydrogen-bond donors (Lipinski definition) is 2. The van der Waals surface area contributed by atoms with Gasteiger partial charge in [0.2, 0.25) is 5.95 Å². The van der Waals surface area contributed by atoms with Crippen molar-refractivity contribution in [2.75, 3.05) is 23.3 Å². The molecule has 0 bridgehead atoms. The summed E-state index contributed by atoms with van der Waals surface area (Å²) in [6, 6.07) is 9.65. The van der Waals surface area contributed by atoms with Crippen molar-refractivity contribution in [2.24, 2.45) is 0 Å². The van der Waals surface area contributed by atoms with Gasteiger partial charge >= 0.3 is 6.03 Å². The van der Waals surface area contributed by atoms with Crippen molar-refractivity contribution in [1.82, 2.24) is 25.1 Å². The zero-order valence-electron chi connectivity index (χ0n) is 17.2. The van der Waals surface area contributed by atoms with Crippen molar-refractivity contribution in [3.8, 4) is 11.3 Å². The van der Waals surface area contributed by atoms with Gasteiger partial charge in [0.15, 0.2) is 0 Å². The van der Waals surface area contributed by atoms with Crippen molar-refractivity contribution < 1.29 is 4.79 Å². The van der Waals surface area contributed by atoms with Crippen molar-refractivity contribution in [3.63, 3.8) is 0 Å². The Hall–Kier alpha value is -3.42. The monoisotopic (exact) mass is 405 g/mol. The van der Waals surface area contributed by atoms with E-state index in [4.69, 9.17) is 0 Å². The third-order valence-corrected chi connectivity index (χ3v) is 5.12. The average molecular weight is 406 g/mol. The van der Waals surface area contributed by atoms with Crippen molar-refractivity contribution in [1.29, 1.82) is 0 Å². The summed E-state index contributed by atoms with van der Waals surface area (Å²) in [5, 5.41) is 10.5. The molecule has 0 atom stereocenters. The Morgan fingerprint density at radius 3 is 2.77 bits per heavy atom. The average Bonchev–Trinajstić information content (AvgIpc) is 3.40. The van der Waals surface area contributed by atoms with Crippen LogP contribution in [-0.2, 0) is 6.54 Å². The maximum absolute atomic E-state index is 11.8. The maximum atomic E-state index is 11.8. The molecule has 0 saturated carbocycles. The first kappa shape index (κ1) is 19.9. The zero-order chi connectivity index (χ0) is 20.8. The molecule has 1 fully saturated rings. The molecule has 3 heterocycles. The Morgan fingerprint density at radius 2 is 2.00 bits per heavy atom. The van der Waals surface area contributed by atoms with Gasteiger partial charge in [0, 0.05) is 43.3 Å². The van der Waals surface area contributed by atoms with Crippen LogP contribution in [-0.4, -0.2) is 38.9 Å². The minimum Gasteiger partial charge on any atom is -0.336 e. The Kier molecular flexibility index (Phi) is 6.22. The van der Waals surface area contributed by atoms with Crippen molar-refractivity contribution >= 4 is 23.4 Å². The highest BCUT2D eigenvalue weighted by Gasteiger charge is 2.20. The van der Waals surface area contributed by atoms with Gasteiger partial charge < -0.3 is 10.6 Å². The molecular formula is C22H27N7O. The van der Waals surface area contributed by atoms with Gasteiger partial charge in [0.1, 0.15) is 0 Å². The van der Waals surface area contributed by atoms with Crippen LogP contribution in [0, 0.1) is 0 Å². The largest absolute Gasteiger partial charge is 0.336 e. The molecule has 1 aliphatic heterocycles. The fourth-order valence-electron chi connectivity index (χ4n) is 3.49. The van der Waals surface area contributed by atoms with E-state index in [2.05, 4.69) is 32.6 Å². The van der Waals surface area contributed by atoms with Crippen LogP contribution >= 0.6 is 0 Å². The molecule has 1 aromatic carbocycles. The highest BCUT2D eigenvalue weighted by molar-refractivity contribution is 5.94. The number of unbranched alkanes of at least 4 members (excludes halogenated alkanes) is 3. The van der Waals surface area contributed by atoms with Crippen LogP contribution in [0.3, 0.4) is 0 Å². The molecule has 4 rings (SSSR count). The predicted molar refractivity (Wildman–Crippen MR) is 118 cm³/mol. The number of carbonyl (C=O) groups excluding carboxylic acids is 1. The molecule has 0 unspecified atom stereocenters. The fraction of sp³-hybridized carbons (Fsp3) is 0.364. The van der Waals surface area contributed by atoms with Gasteiger partial charge in [0.25, 0.3) is 0 Å². The normalized spacial score (nSPS) is 13.5. The highest BCUT2D eigenvalue weighted by Crippen LogP contribution is 2.24. The second kappa shape index (κ2) is 9.39. The van der Waals surface area contributed by atoms with Crippen LogP contribution in [0.4, 0.5) is 22.1 Å². The van der Waals surface area contributed by atoms with Crippen LogP contribution < -0.4 is 15.5 Å². The van der Waals surface area contributed by atoms with E-state index in [-0.39, 0.29) is 6.03 Å². The number of urea groups is 1. The first-order valence-electron chi connectivity index (χ1n) is 10.5. The molecule has 0 radical (unpaired) electrons. The molecule has 8 heteroatoms. The molecule has 2 aromatic heterocycles. The molecule has 30 heavy (non-hydrogen) atoms. The molecule has 0 spiro atoms. The summed E-state index contributed by atoms with van der Waals surface area (Å²) in [5.74, 6) is 0.529. The standard InChI is InChI=1S/C22H27N7O/c1-2-3-4-5-13-28-16-18(15-25-28)26-21-23-11-10-20(27-21)17-6-8-19(9-7-17)29-14-12-24-22(29)30/h6-11,15-16H,2-5,12-14H2,1H3,(H,24,30)(H,23,26,27). The predicted octanol–water partition coefficient (Wildman–Crippen LogP) is 4.19. The fourth-order valence-corrected chi connectivity index (χ4v) is 3.49. The van der Waals surface area contributed by atoms with Crippen LogP contribution in [0.15, 0.2) is 48.9 Å². The lowest BCUT2D eigenvalue weighted by atomic mass is 10.1. The van der Waals surface area contributed by atoms with Gasteiger partial charge in [-0.05, 0) is 24.6 Å².